The number of hydrogen-bond acceptors (Lipinski definition) is 5. The molecule has 1 amide bonds. The maximum atomic E-state index is 11.5. The number of hydrogen-bond donors (Lipinski definition) is 3. The van der Waals surface area contributed by atoms with Gasteiger partial charge in [-0.25, -0.2) is 0 Å². The first-order valence-corrected chi connectivity index (χ1v) is 8.26. The van der Waals surface area contributed by atoms with Crippen molar-refractivity contribution >= 4 is 5.91 Å². The van der Waals surface area contributed by atoms with Crippen molar-refractivity contribution in [3.05, 3.63) is 0 Å². The highest BCUT2D eigenvalue weighted by Gasteiger charge is 2.23. The van der Waals surface area contributed by atoms with E-state index < -0.39 is 0 Å². The van der Waals surface area contributed by atoms with Gasteiger partial charge in [-0.15, -0.1) is 0 Å². The van der Waals surface area contributed by atoms with Crippen molar-refractivity contribution in [2.45, 2.75) is 19.4 Å². The Morgan fingerprint density at radius 1 is 1.24 bits per heavy atom. The minimum Gasteiger partial charge on any atom is -0.358 e. The van der Waals surface area contributed by atoms with Crippen LogP contribution in [-0.4, -0.2) is 87.7 Å². The molecule has 122 valence electrons. The number of nitrogens with one attached hydrogen (secondary N) is 3. The van der Waals surface area contributed by atoms with Crippen LogP contribution < -0.4 is 16.0 Å². The highest BCUT2D eigenvalue weighted by Crippen LogP contribution is 2.12. The lowest BCUT2D eigenvalue weighted by Gasteiger charge is -2.36. The smallest absolute Gasteiger partial charge is 0.233 e. The number of amides is 1. The number of carbonyl (C=O) groups excluding carboxylic acids is 1. The molecule has 0 saturated carbocycles. The van der Waals surface area contributed by atoms with Crippen molar-refractivity contribution in [3.63, 3.8) is 0 Å². The minimum absolute atomic E-state index is 0.115. The van der Waals surface area contributed by atoms with Gasteiger partial charge in [0.15, 0.2) is 0 Å². The quantitative estimate of drug-likeness (QED) is 0.583. The van der Waals surface area contributed by atoms with Crippen LogP contribution in [-0.2, 0) is 4.79 Å². The molecule has 0 aromatic carbocycles. The van der Waals surface area contributed by atoms with E-state index in [1.54, 1.807) is 7.05 Å². The molecule has 2 unspecified atom stereocenters. The van der Waals surface area contributed by atoms with Gasteiger partial charge < -0.3 is 20.9 Å². The third-order valence-electron chi connectivity index (χ3n) is 4.45. The molecule has 0 aliphatic carbocycles. The molecule has 2 fully saturated rings. The van der Waals surface area contributed by atoms with E-state index in [0.29, 0.717) is 18.5 Å². The van der Waals surface area contributed by atoms with E-state index in [0.717, 1.165) is 32.7 Å². The number of nitrogens with zero attached hydrogens (tertiary/aromatic N) is 2. The van der Waals surface area contributed by atoms with Crippen LogP contribution in [0.1, 0.15) is 13.3 Å². The van der Waals surface area contributed by atoms with Gasteiger partial charge >= 0.3 is 0 Å². The molecule has 0 bridgehead atoms. The summed E-state index contributed by atoms with van der Waals surface area (Å²) < 4.78 is 0. The zero-order valence-corrected chi connectivity index (χ0v) is 13.5. The summed E-state index contributed by atoms with van der Waals surface area (Å²) >= 11 is 0. The van der Waals surface area contributed by atoms with Crippen LogP contribution >= 0.6 is 0 Å². The Kier molecular flexibility index (Phi) is 6.89. The van der Waals surface area contributed by atoms with E-state index in [-0.39, 0.29) is 5.91 Å². The average molecular weight is 297 g/mol. The predicted molar refractivity (Wildman–Crippen MR) is 85.4 cm³/mol. The van der Waals surface area contributed by atoms with E-state index in [2.05, 4.69) is 32.7 Å². The minimum atomic E-state index is 0.115. The maximum Gasteiger partial charge on any atom is 0.233 e. The first-order valence-electron chi connectivity index (χ1n) is 8.26. The van der Waals surface area contributed by atoms with E-state index in [1.165, 1.54) is 26.1 Å². The van der Waals surface area contributed by atoms with Crippen LogP contribution in [0.3, 0.4) is 0 Å². The predicted octanol–water partition coefficient (Wildman–Crippen LogP) is -1.06. The summed E-state index contributed by atoms with van der Waals surface area (Å²) in [6, 6.07) is 0.515. The van der Waals surface area contributed by atoms with Crippen LogP contribution in [0.25, 0.3) is 0 Å². The Bertz CT molecular complexity index is 319. The van der Waals surface area contributed by atoms with Crippen molar-refractivity contribution in [3.8, 4) is 0 Å². The molecular formula is C15H31N5O. The van der Waals surface area contributed by atoms with E-state index in [4.69, 9.17) is 0 Å². The number of likely N-dealkylation sites (N-methyl/N-ethyl adjacent to an activating group) is 1. The molecule has 6 heteroatoms. The summed E-state index contributed by atoms with van der Waals surface area (Å²) in [5.41, 5.74) is 0. The molecule has 2 atom stereocenters. The first-order chi connectivity index (χ1) is 10.2. The van der Waals surface area contributed by atoms with Gasteiger partial charge in [-0.1, -0.05) is 6.92 Å². The lowest BCUT2D eigenvalue weighted by molar-refractivity contribution is -0.122. The lowest BCUT2D eigenvalue weighted by atomic mass is 9.99. The fourth-order valence-corrected chi connectivity index (χ4v) is 3.37. The standard InChI is InChI=1S/C15H31N5O/c1-13(10-19-6-3-17-4-7-19)9-14-11-20(8-5-18-14)12-15(21)16-2/h13-14,17-18H,3-12H2,1-2H3,(H,16,21). The van der Waals surface area contributed by atoms with Crippen LogP contribution in [0.15, 0.2) is 0 Å². The summed E-state index contributed by atoms with van der Waals surface area (Å²) in [6.07, 6.45) is 1.19. The molecule has 0 spiro atoms. The molecule has 0 radical (unpaired) electrons. The summed E-state index contributed by atoms with van der Waals surface area (Å²) in [6.45, 7) is 11.6. The number of piperazine rings is 2. The molecule has 0 aromatic rings. The number of rotatable bonds is 6. The Morgan fingerprint density at radius 3 is 2.67 bits per heavy atom. The molecule has 2 rings (SSSR count). The summed E-state index contributed by atoms with van der Waals surface area (Å²) in [5, 5.41) is 9.71. The topological polar surface area (TPSA) is 59.6 Å². The highest BCUT2D eigenvalue weighted by molar-refractivity contribution is 5.77. The van der Waals surface area contributed by atoms with E-state index in [1.807, 2.05) is 0 Å². The van der Waals surface area contributed by atoms with Crippen molar-refractivity contribution < 1.29 is 4.79 Å². The van der Waals surface area contributed by atoms with Gasteiger partial charge in [0.2, 0.25) is 5.91 Å². The molecule has 3 N–H and O–H groups in total. The summed E-state index contributed by atoms with van der Waals surface area (Å²) in [4.78, 5) is 16.3. The van der Waals surface area contributed by atoms with Crippen molar-refractivity contribution in [2.75, 3.05) is 66.0 Å². The Labute approximate surface area is 128 Å². The third kappa shape index (κ3) is 5.90. The molecule has 2 aliphatic heterocycles. The number of carbonyl (C=O) groups is 1. The van der Waals surface area contributed by atoms with E-state index in [9.17, 15) is 4.79 Å². The lowest BCUT2D eigenvalue weighted by Crippen LogP contribution is -2.53. The zero-order valence-electron chi connectivity index (χ0n) is 13.5. The molecule has 2 heterocycles. The largest absolute Gasteiger partial charge is 0.358 e. The van der Waals surface area contributed by atoms with Gasteiger partial charge in [0, 0.05) is 65.4 Å². The van der Waals surface area contributed by atoms with Gasteiger partial charge in [0.05, 0.1) is 6.54 Å². The van der Waals surface area contributed by atoms with E-state index >= 15 is 0 Å². The second-order valence-corrected chi connectivity index (χ2v) is 6.45. The average Bonchev–Trinajstić information content (AvgIpc) is 2.48. The second kappa shape index (κ2) is 8.68. The fraction of sp³-hybridized carbons (Fsp3) is 0.933. The molecule has 2 aliphatic rings. The zero-order chi connectivity index (χ0) is 15.1. The molecule has 6 nitrogen and oxygen atoms in total. The van der Waals surface area contributed by atoms with Gasteiger partial charge in [-0.2, -0.15) is 0 Å². The molecular weight excluding hydrogens is 266 g/mol. The Morgan fingerprint density at radius 2 is 1.95 bits per heavy atom. The molecule has 2 saturated heterocycles. The maximum absolute atomic E-state index is 11.5. The van der Waals surface area contributed by atoms with Crippen LogP contribution in [0.2, 0.25) is 0 Å². The molecule has 21 heavy (non-hydrogen) atoms. The SMILES string of the molecule is CNC(=O)CN1CCNC(CC(C)CN2CCNCC2)C1. The van der Waals surface area contributed by atoms with Gasteiger partial charge in [-0.05, 0) is 12.3 Å². The van der Waals surface area contributed by atoms with Crippen LogP contribution in [0.5, 0.6) is 0 Å². The fourth-order valence-electron chi connectivity index (χ4n) is 3.37. The van der Waals surface area contributed by atoms with Gasteiger partial charge in [-0.3, -0.25) is 9.69 Å². The normalized spacial score (nSPS) is 26.5. The molecule has 0 aromatic heterocycles. The Hall–Kier alpha value is -0.690. The van der Waals surface area contributed by atoms with Crippen molar-refractivity contribution in [1.82, 2.24) is 25.8 Å². The van der Waals surface area contributed by atoms with Gasteiger partial charge in [0.25, 0.3) is 0 Å². The summed E-state index contributed by atoms with van der Waals surface area (Å²) in [7, 11) is 1.71. The monoisotopic (exact) mass is 297 g/mol. The highest BCUT2D eigenvalue weighted by atomic mass is 16.1. The second-order valence-electron chi connectivity index (χ2n) is 6.45. The van der Waals surface area contributed by atoms with Crippen LogP contribution in [0, 0.1) is 5.92 Å². The first kappa shape index (κ1) is 16.7. The van der Waals surface area contributed by atoms with Gasteiger partial charge in [0.1, 0.15) is 0 Å². The van der Waals surface area contributed by atoms with Crippen LogP contribution in [0.4, 0.5) is 0 Å². The van der Waals surface area contributed by atoms with Crippen molar-refractivity contribution in [1.29, 1.82) is 0 Å². The third-order valence-corrected chi connectivity index (χ3v) is 4.45. The Balaban J connectivity index is 1.69. The summed E-state index contributed by atoms with van der Waals surface area (Å²) in [5.74, 6) is 0.810. The van der Waals surface area contributed by atoms with Crippen molar-refractivity contribution in [2.24, 2.45) is 5.92 Å².